The Hall–Kier alpha value is -3.52. The number of rotatable bonds is 6. The van der Waals surface area contributed by atoms with Crippen LogP contribution in [0.4, 0.5) is 10.2 Å². The van der Waals surface area contributed by atoms with Gasteiger partial charge < -0.3 is 14.6 Å². The van der Waals surface area contributed by atoms with Crippen LogP contribution in [-0.2, 0) is 0 Å². The van der Waals surface area contributed by atoms with Crippen LogP contribution in [0.5, 0.6) is 5.88 Å². The molecule has 0 aliphatic rings. The summed E-state index contributed by atoms with van der Waals surface area (Å²) >= 11 is 6.18. The van der Waals surface area contributed by atoms with E-state index in [-0.39, 0.29) is 11.9 Å². The molecule has 0 radical (unpaired) electrons. The number of anilines is 1. The molecule has 0 bridgehead atoms. The normalized spacial score (nSPS) is 11.9. The summed E-state index contributed by atoms with van der Waals surface area (Å²) in [5.41, 5.74) is 4.60. The number of aryl methyl sites for hydroxylation is 2. The third-order valence-electron chi connectivity index (χ3n) is 5.05. The zero-order chi connectivity index (χ0) is 22.8. The van der Waals surface area contributed by atoms with Crippen molar-refractivity contribution in [1.82, 2.24) is 24.7 Å². The van der Waals surface area contributed by atoms with Crippen molar-refractivity contribution in [3.63, 3.8) is 0 Å². The number of hydrogen-bond donors (Lipinski definition) is 1. The minimum absolute atomic E-state index is 0.182. The van der Waals surface area contributed by atoms with Crippen molar-refractivity contribution in [3.8, 4) is 23.0 Å². The first-order chi connectivity index (χ1) is 15.4. The van der Waals surface area contributed by atoms with Gasteiger partial charge in [0.15, 0.2) is 5.82 Å². The topological polar surface area (TPSA) is 77.8 Å². The average molecular weight is 453 g/mol. The van der Waals surface area contributed by atoms with Gasteiger partial charge in [0, 0.05) is 11.2 Å². The van der Waals surface area contributed by atoms with Crippen LogP contribution in [0.25, 0.3) is 17.1 Å². The molecule has 1 unspecified atom stereocenters. The molecule has 1 aromatic carbocycles. The van der Waals surface area contributed by atoms with Crippen molar-refractivity contribution >= 4 is 17.4 Å². The van der Waals surface area contributed by atoms with Gasteiger partial charge in [-0.3, -0.25) is 0 Å². The van der Waals surface area contributed by atoms with Crippen LogP contribution in [0.3, 0.4) is 0 Å². The molecule has 9 heteroatoms. The van der Waals surface area contributed by atoms with Gasteiger partial charge >= 0.3 is 0 Å². The summed E-state index contributed by atoms with van der Waals surface area (Å²) in [6, 6.07) is 9.83. The zero-order valence-corrected chi connectivity index (χ0v) is 18.9. The van der Waals surface area contributed by atoms with Gasteiger partial charge in [-0.15, -0.1) is 10.2 Å². The summed E-state index contributed by atoms with van der Waals surface area (Å²) in [6.07, 6.45) is 3.62. The Morgan fingerprint density at radius 3 is 2.56 bits per heavy atom. The fourth-order valence-electron chi connectivity index (χ4n) is 3.36. The van der Waals surface area contributed by atoms with Crippen molar-refractivity contribution < 1.29 is 9.13 Å². The van der Waals surface area contributed by atoms with Gasteiger partial charge in [-0.1, -0.05) is 17.7 Å². The van der Waals surface area contributed by atoms with E-state index in [0.717, 1.165) is 22.5 Å². The molecule has 1 N–H and O–H groups in total. The van der Waals surface area contributed by atoms with E-state index in [4.69, 9.17) is 16.3 Å². The lowest BCUT2D eigenvalue weighted by molar-refractivity contribution is 0.396. The first-order valence-corrected chi connectivity index (χ1v) is 10.4. The van der Waals surface area contributed by atoms with E-state index in [9.17, 15) is 4.39 Å². The molecule has 0 amide bonds. The van der Waals surface area contributed by atoms with Crippen LogP contribution < -0.4 is 10.1 Å². The molecule has 0 saturated carbocycles. The highest BCUT2D eigenvalue weighted by molar-refractivity contribution is 6.31. The van der Waals surface area contributed by atoms with E-state index in [2.05, 4.69) is 25.5 Å². The third kappa shape index (κ3) is 4.40. The molecular weight excluding hydrogens is 431 g/mol. The molecule has 0 aliphatic carbocycles. The van der Waals surface area contributed by atoms with Gasteiger partial charge in [0.1, 0.15) is 17.2 Å². The fourth-order valence-corrected chi connectivity index (χ4v) is 3.69. The quantitative estimate of drug-likeness (QED) is 0.427. The van der Waals surface area contributed by atoms with Gasteiger partial charge in [-0.05, 0) is 62.2 Å². The lowest BCUT2D eigenvalue weighted by Gasteiger charge is -2.17. The first kappa shape index (κ1) is 21.7. The molecule has 4 rings (SSSR count). The molecule has 32 heavy (non-hydrogen) atoms. The largest absolute Gasteiger partial charge is 0.479 e. The minimum Gasteiger partial charge on any atom is -0.479 e. The van der Waals surface area contributed by atoms with Gasteiger partial charge in [0.2, 0.25) is 5.88 Å². The number of imidazole rings is 1. The van der Waals surface area contributed by atoms with E-state index in [1.807, 2.05) is 49.7 Å². The second kappa shape index (κ2) is 8.92. The predicted molar refractivity (Wildman–Crippen MR) is 122 cm³/mol. The third-order valence-corrected chi connectivity index (χ3v) is 5.38. The summed E-state index contributed by atoms with van der Waals surface area (Å²) in [5.74, 6) is 0.698. The number of nitrogens with one attached hydrogen (secondary N) is 1. The maximum atomic E-state index is 13.3. The summed E-state index contributed by atoms with van der Waals surface area (Å²) in [5, 5.41) is 12.3. The molecule has 3 heterocycles. The zero-order valence-electron chi connectivity index (χ0n) is 18.1. The van der Waals surface area contributed by atoms with Crippen molar-refractivity contribution in [2.45, 2.75) is 26.8 Å². The van der Waals surface area contributed by atoms with Gasteiger partial charge in [0.25, 0.3) is 0 Å². The molecule has 0 fully saturated rings. The molecule has 1 atom stereocenters. The monoisotopic (exact) mass is 452 g/mol. The molecule has 7 nitrogen and oxygen atoms in total. The van der Waals surface area contributed by atoms with Crippen LogP contribution in [0.2, 0.25) is 5.02 Å². The number of aromatic nitrogens is 5. The van der Waals surface area contributed by atoms with E-state index >= 15 is 0 Å². The number of methoxy groups -OCH3 is 1. The summed E-state index contributed by atoms with van der Waals surface area (Å²) in [4.78, 5) is 8.85. The Balaban J connectivity index is 1.59. The number of benzene rings is 1. The molecular formula is C23H22ClFN6O. The highest BCUT2D eigenvalue weighted by Crippen LogP contribution is 2.29. The smallest absolute Gasteiger partial charge is 0.238 e. The lowest BCUT2D eigenvalue weighted by atomic mass is 10.1. The molecule has 3 aromatic heterocycles. The second-order valence-corrected chi connectivity index (χ2v) is 7.85. The Kier molecular flexibility index (Phi) is 6.05. The Morgan fingerprint density at radius 2 is 1.91 bits per heavy atom. The Bertz CT molecular complexity index is 1280. The van der Waals surface area contributed by atoms with Crippen molar-refractivity contribution in [3.05, 3.63) is 76.6 Å². The van der Waals surface area contributed by atoms with Crippen LogP contribution in [0, 0.1) is 19.7 Å². The van der Waals surface area contributed by atoms with Crippen molar-refractivity contribution in [1.29, 1.82) is 0 Å². The van der Waals surface area contributed by atoms with Crippen LogP contribution in [-0.4, -0.2) is 31.8 Å². The van der Waals surface area contributed by atoms with Gasteiger partial charge in [-0.25, -0.2) is 14.4 Å². The maximum absolute atomic E-state index is 13.3. The molecule has 4 aromatic rings. The second-order valence-electron chi connectivity index (χ2n) is 7.44. The Morgan fingerprint density at radius 1 is 1.09 bits per heavy atom. The molecule has 164 valence electrons. The highest BCUT2D eigenvalue weighted by Gasteiger charge is 2.15. The number of hydrogen-bond acceptors (Lipinski definition) is 6. The van der Waals surface area contributed by atoms with Crippen molar-refractivity contribution in [2.75, 3.05) is 12.4 Å². The maximum Gasteiger partial charge on any atom is 0.238 e. The highest BCUT2D eigenvalue weighted by atomic mass is 35.5. The van der Waals surface area contributed by atoms with E-state index < -0.39 is 0 Å². The molecule has 0 saturated heterocycles. The van der Waals surface area contributed by atoms with E-state index in [1.54, 1.807) is 19.5 Å². The predicted octanol–water partition coefficient (Wildman–Crippen LogP) is 5.32. The number of ether oxygens (including phenoxy) is 1. The van der Waals surface area contributed by atoms with Gasteiger partial charge in [-0.2, -0.15) is 0 Å². The fraction of sp³-hybridized carbons (Fsp3) is 0.217. The first-order valence-electron chi connectivity index (χ1n) is 9.98. The van der Waals surface area contributed by atoms with Crippen molar-refractivity contribution in [2.24, 2.45) is 0 Å². The summed E-state index contributed by atoms with van der Waals surface area (Å²) in [6.45, 7) is 5.78. The van der Waals surface area contributed by atoms with Crippen LogP contribution in [0.15, 0.2) is 48.9 Å². The standard InChI is InChI=1S/C23H22ClFN6O/c1-13-9-20(19-7-8-21(23(28-19)32-4)31-11-14(2)26-12-31)29-30-22(13)27-15(3)17-6-5-16(25)10-18(17)24/h5-12,15H,1-4H3,(H,27,30). The number of nitrogens with zero attached hydrogens (tertiary/aromatic N) is 5. The SMILES string of the molecule is COc1nc(-c2cc(C)c(NC(C)c3ccc(F)cc3Cl)nn2)ccc1-n1cnc(C)c1. The van der Waals surface area contributed by atoms with Gasteiger partial charge in [0.05, 0.1) is 30.9 Å². The number of pyridine rings is 1. The van der Waals surface area contributed by atoms with Crippen LogP contribution in [0.1, 0.15) is 29.8 Å². The molecule has 0 spiro atoms. The number of halogens is 2. The minimum atomic E-state index is -0.372. The molecule has 0 aliphatic heterocycles. The summed E-state index contributed by atoms with van der Waals surface area (Å²) in [7, 11) is 1.57. The Labute approximate surface area is 190 Å². The van der Waals surface area contributed by atoms with Crippen LogP contribution >= 0.6 is 11.6 Å². The lowest BCUT2D eigenvalue weighted by Crippen LogP contribution is -2.11. The average Bonchev–Trinajstić information content (AvgIpc) is 3.20. The summed E-state index contributed by atoms with van der Waals surface area (Å²) < 4.78 is 20.7. The van der Waals surface area contributed by atoms with E-state index in [0.29, 0.717) is 28.1 Å². The van der Waals surface area contributed by atoms with E-state index in [1.165, 1.54) is 12.1 Å².